The van der Waals surface area contributed by atoms with E-state index in [-0.39, 0.29) is 12.5 Å². The van der Waals surface area contributed by atoms with Crippen LogP contribution in [0.4, 0.5) is 5.13 Å². The van der Waals surface area contributed by atoms with E-state index >= 15 is 0 Å². The lowest BCUT2D eigenvalue weighted by molar-refractivity contribution is -0.119. The van der Waals surface area contributed by atoms with Gasteiger partial charge in [-0.1, -0.05) is 6.92 Å². The lowest BCUT2D eigenvalue weighted by Gasteiger charge is -2.04. The number of ether oxygens (including phenoxy) is 1. The molecule has 0 unspecified atom stereocenters. The molecule has 96 valence electrons. The van der Waals surface area contributed by atoms with E-state index in [1.165, 1.54) is 11.5 Å². The molecule has 0 saturated carbocycles. The Kier molecular flexibility index (Phi) is 6.49. The molecule has 0 aliphatic rings. The van der Waals surface area contributed by atoms with Gasteiger partial charge in [0.1, 0.15) is 5.82 Å². The fraction of sp³-hybridized carbons (Fsp3) is 0.700. The van der Waals surface area contributed by atoms with Crippen molar-refractivity contribution in [3.63, 3.8) is 0 Å². The molecule has 6 nitrogen and oxygen atoms in total. The highest BCUT2D eigenvalue weighted by Crippen LogP contribution is 2.11. The van der Waals surface area contributed by atoms with E-state index in [4.69, 9.17) is 4.74 Å². The van der Waals surface area contributed by atoms with Crippen LogP contribution in [0.5, 0.6) is 0 Å². The zero-order valence-corrected chi connectivity index (χ0v) is 11.0. The van der Waals surface area contributed by atoms with Crippen molar-refractivity contribution in [3.8, 4) is 0 Å². The van der Waals surface area contributed by atoms with E-state index in [9.17, 15) is 4.79 Å². The van der Waals surface area contributed by atoms with Crippen LogP contribution in [0.25, 0.3) is 0 Å². The highest BCUT2D eigenvalue weighted by molar-refractivity contribution is 7.09. The smallest absolute Gasteiger partial charge is 0.239 e. The number of carbonyl (C=O) groups excluding carboxylic acids is 1. The molecule has 1 aromatic rings. The summed E-state index contributed by atoms with van der Waals surface area (Å²) in [6.07, 6.45) is 1.89. The van der Waals surface area contributed by atoms with Crippen molar-refractivity contribution in [2.75, 3.05) is 32.1 Å². The number of rotatable bonds is 8. The van der Waals surface area contributed by atoms with Crippen molar-refractivity contribution in [1.82, 2.24) is 14.7 Å². The first kappa shape index (κ1) is 13.9. The van der Waals surface area contributed by atoms with Crippen LogP contribution in [0.15, 0.2) is 0 Å². The summed E-state index contributed by atoms with van der Waals surface area (Å²) in [4.78, 5) is 15.6. The molecule has 1 aromatic heterocycles. The van der Waals surface area contributed by atoms with Crippen LogP contribution >= 0.6 is 11.5 Å². The van der Waals surface area contributed by atoms with E-state index < -0.39 is 0 Å². The molecular weight excluding hydrogens is 240 g/mol. The molecule has 7 heteroatoms. The SMILES string of the molecule is CCCc1nsc(NCC(=O)NCCOC)n1. The average molecular weight is 258 g/mol. The summed E-state index contributed by atoms with van der Waals surface area (Å²) in [7, 11) is 1.60. The van der Waals surface area contributed by atoms with Crippen LogP contribution in [0.1, 0.15) is 19.2 Å². The summed E-state index contributed by atoms with van der Waals surface area (Å²) in [5, 5.41) is 6.35. The number of anilines is 1. The normalized spacial score (nSPS) is 10.2. The van der Waals surface area contributed by atoms with Crippen LogP contribution in [-0.2, 0) is 16.0 Å². The summed E-state index contributed by atoms with van der Waals surface area (Å²) >= 11 is 1.28. The maximum absolute atomic E-state index is 11.4. The van der Waals surface area contributed by atoms with Gasteiger partial charge in [-0.15, -0.1) is 0 Å². The molecule has 0 saturated heterocycles. The molecular formula is C10H18N4O2S. The minimum atomic E-state index is -0.0747. The Bertz CT molecular complexity index is 343. The van der Waals surface area contributed by atoms with Gasteiger partial charge >= 0.3 is 0 Å². The quantitative estimate of drug-likeness (QED) is 0.670. The number of hydrogen-bond acceptors (Lipinski definition) is 6. The van der Waals surface area contributed by atoms with Gasteiger partial charge in [0, 0.05) is 31.6 Å². The van der Waals surface area contributed by atoms with Gasteiger partial charge in [0.15, 0.2) is 0 Å². The molecule has 0 fully saturated rings. The van der Waals surface area contributed by atoms with E-state index in [2.05, 4.69) is 26.9 Å². The fourth-order valence-corrected chi connectivity index (χ4v) is 1.77. The predicted octanol–water partition coefficient (Wildman–Crippen LogP) is 0.665. The fourth-order valence-electron chi connectivity index (χ4n) is 1.16. The van der Waals surface area contributed by atoms with Crippen molar-refractivity contribution >= 4 is 22.6 Å². The van der Waals surface area contributed by atoms with Gasteiger partial charge in [-0.2, -0.15) is 4.37 Å². The van der Waals surface area contributed by atoms with Gasteiger partial charge in [0.25, 0.3) is 0 Å². The van der Waals surface area contributed by atoms with E-state index in [1.807, 2.05) is 0 Å². The molecule has 0 bridgehead atoms. The topological polar surface area (TPSA) is 76.1 Å². The summed E-state index contributed by atoms with van der Waals surface area (Å²) in [6.45, 7) is 3.33. The van der Waals surface area contributed by atoms with E-state index in [0.29, 0.717) is 18.3 Å². The van der Waals surface area contributed by atoms with Crippen LogP contribution in [0.2, 0.25) is 0 Å². The van der Waals surface area contributed by atoms with Gasteiger partial charge in [-0.05, 0) is 6.42 Å². The molecule has 0 spiro atoms. The molecule has 0 aliphatic carbocycles. The maximum atomic E-state index is 11.4. The summed E-state index contributed by atoms with van der Waals surface area (Å²) < 4.78 is 9.01. The van der Waals surface area contributed by atoms with Crippen LogP contribution < -0.4 is 10.6 Å². The number of aryl methyl sites for hydroxylation is 1. The van der Waals surface area contributed by atoms with Gasteiger partial charge in [0.2, 0.25) is 11.0 Å². The summed E-state index contributed by atoms with van der Waals surface area (Å²) in [5.41, 5.74) is 0. The van der Waals surface area contributed by atoms with E-state index in [0.717, 1.165) is 18.7 Å². The molecule has 0 atom stereocenters. The second-order valence-corrected chi connectivity index (χ2v) is 4.21. The zero-order valence-electron chi connectivity index (χ0n) is 10.2. The zero-order chi connectivity index (χ0) is 12.5. The molecule has 1 rings (SSSR count). The van der Waals surface area contributed by atoms with Crippen LogP contribution in [-0.4, -0.2) is 42.1 Å². The molecule has 17 heavy (non-hydrogen) atoms. The predicted molar refractivity (Wildman–Crippen MR) is 67.3 cm³/mol. The minimum absolute atomic E-state index is 0.0747. The third-order valence-corrected chi connectivity index (χ3v) is 2.68. The standard InChI is InChI=1S/C10H18N4O2S/c1-3-4-8-13-10(17-14-8)12-7-9(15)11-5-6-16-2/h3-7H2,1-2H3,(H,11,15)(H,12,13,14). The summed E-state index contributed by atoms with van der Waals surface area (Å²) in [6, 6.07) is 0. The lowest BCUT2D eigenvalue weighted by atomic mass is 10.3. The van der Waals surface area contributed by atoms with Crippen molar-refractivity contribution in [2.24, 2.45) is 0 Å². The molecule has 0 aliphatic heterocycles. The number of aromatic nitrogens is 2. The Morgan fingerprint density at radius 3 is 3.06 bits per heavy atom. The Morgan fingerprint density at radius 1 is 1.53 bits per heavy atom. The van der Waals surface area contributed by atoms with Gasteiger partial charge < -0.3 is 15.4 Å². The molecule has 1 heterocycles. The Morgan fingerprint density at radius 2 is 2.35 bits per heavy atom. The third kappa shape index (κ3) is 5.60. The number of hydrogen-bond donors (Lipinski definition) is 2. The largest absolute Gasteiger partial charge is 0.383 e. The van der Waals surface area contributed by atoms with Gasteiger partial charge in [-0.25, -0.2) is 4.98 Å². The van der Waals surface area contributed by atoms with Gasteiger partial charge in [0.05, 0.1) is 13.2 Å². The second kappa shape index (κ2) is 7.97. The van der Waals surface area contributed by atoms with Crippen molar-refractivity contribution in [2.45, 2.75) is 19.8 Å². The monoisotopic (exact) mass is 258 g/mol. The Hall–Kier alpha value is -1.21. The first-order valence-electron chi connectivity index (χ1n) is 5.58. The van der Waals surface area contributed by atoms with Crippen molar-refractivity contribution in [3.05, 3.63) is 5.82 Å². The number of nitrogens with one attached hydrogen (secondary N) is 2. The minimum Gasteiger partial charge on any atom is -0.383 e. The molecule has 0 aromatic carbocycles. The third-order valence-electron chi connectivity index (χ3n) is 1.97. The van der Waals surface area contributed by atoms with Crippen molar-refractivity contribution < 1.29 is 9.53 Å². The average Bonchev–Trinajstić information content (AvgIpc) is 2.75. The number of methoxy groups -OCH3 is 1. The first-order chi connectivity index (χ1) is 8.26. The Labute approximate surface area is 105 Å². The van der Waals surface area contributed by atoms with Crippen LogP contribution in [0.3, 0.4) is 0 Å². The van der Waals surface area contributed by atoms with Crippen LogP contribution in [0, 0.1) is 0 Å². The Balaban J connectivity index is 2.22. The maximum Gasteiger partial charge on any atom is 0.239 e. The number of carbonyl (C=O) groups is 1. The molecule has 0 radical (unpaired) electrons. The number of nitrogens with zero attached hydrogens (tertiary/aromatic N) is 2. The highest BCUT2D eigenvalue weighted by atomic mass is 32.1. The molecule has 1 amide bonds. The first-order valence-corrected chi connectivity index (χ1v) is 6.35. The van der Waals surface area contributed by atoms with Gasteiger partial charge in [-0.3, -0.25) is 4.79 Å². The van der Waals surface area contributed by atoms with Crippen molar-refractivity contribution in [1.29, 1.82) is 0 Å². The lowest BCUT2D eigenvalue weighted by Crippen LogP contribution is -2.32. The molecule has 2 N–H and O–H groups in total. The number of amides is 1. The second-order valence-electron chi connectivity index (χ2n) is 3.46. The highest BCUT2D eigenvalue weighted by Gasteiger charge is 2.05. The van der Waals surface area contributed by atoms with E-state index in [1.54, 1.807) is 7.11 Å². The summed E-state index contributed by atoms with van der Waals surface area (Å²) in [5.74, 6) is 0.758.